The second-order valence-electron chi connectivity index (χ2n) is 14.0. The van der Waals surface area contributed by atoms with Crippen molar-refractivity contribution in [2.24, 2.45) is 0 Å². The van der Waals surface area contributed by atoms with Crippen molar-refractivity contribution in [3.63, 3.8) is 0 Å². The van der Waals surface area contributed by atoms with Crippen LogP contribution in [-0.4, -0.2) is 9.97 Å². The Hall–Kier alpha value is -7.36. The molecule has 56 heavy (non-hydrogen) atoms. The average molecular weight is 722 g/mol. The minimum atomic E-state index is -0.587. The van der Waals surface area contributed by atoms with Crippen molar-refractivity contribution in [3.05, 3.63) is 228 Å². The predicted molar refractivity (Wildman–Crippen MR) is 228 cm³/mol. The summed E-state index contributed by atoms with van der Waals surface area (Å²) in [4.78, 5) is 10.3. The molecule has 0 N–H and O–H groups in total. The molecule has 0 saturated heterocycles. The molecule has 2 aromatic heterocycles. The van der Waals surface area contributed by atoms with Gasteiger partial charge in [0.1, 0.15) is 11.2 Å². The van der Waals surface area contributed by atoms with E-state index in [2.05, 4.69) is 103 Å². The van der Waals surface area contributed by atoms with Gasteiger partial charge in [-0.3, -0.25) is 0 Å². The summed E-state index contributed by atoms with van der Waals surface area (Å²) < 4.78 is 66.3. The highest BCUT2D eigenvalue weighted by Crippen LogP contribution is 2.56. The lowest BCUT2D eigenvalue weighted by atomic mass is 9.67. The number of hydrogen-bond donors (Lipinski definition) is 0. The van der Waals surface area contributed by atoms with Gasteiger partial charge in [0.05, 0.1) is 26.4 Å². The number of nitrogens with zero attached hydrogens (tertiary/aromatic N) is 2. The number of aromatic nitrogens is 2. The van der Waals surface area contributed by atoms with Crippen molar-refractivity contribution >= 4 is 21.9 Å². The van der Waals surface area contributed by atoms with Gasteiger partial charge in [0, 0.05) is 27.5 Å². The molecular formula is C53H34N2O. The lowest BCUT2D eigenvalue weighted by Gasteiger charge is -2.34. The van der Waals surface area contributed by atoms with Crippen molar-refractivity contribution in [3.8, 4) is 56.2 Å². The summed E-state index contributed by atoms with van der Waals surface area (Å²) >= 11 is 0. The molecule has 0 unspecified atom stereocenters. The van der Waals surface area contributed by atoms with Gasteiger partial charge in [-0.2, -0.15) is 0 Å². The Morgan fingerprint density at radius 3 is 1.77 bits per heavy atom. The molecular weight excluding hydrogens is 681 g/mol. The first-order valence-electron chi connectivity index (χ1n) is 22.0. The summed E-state index contributed by atoms with van der Waals surface area (Å²) in [5, 5.41) is 0.0977. The number of para-hydroxylation sites is 1. The highest BCUT2D eigenvalue weighted by molar-refractivity contribution is 6.06. The first kappa shape index (κ1) is 25.6. The fraction of sp³-hybridized carbons (Fsp3) is 0.0189. The maximum Gasteiger partial charge on any atom is 0.160 e. The molecule has 8 aromatic carbocycles. The molecule has 1 aliphatic rings. The molecule has 10 aromatic rings. The Labute approximate surface area is 335 Å². The standard InChI is InChI=1S/C53H34N2O/c1-4-14-37(15-5-1)52-54-48(36-26-24-35(25-27-36)38-29-31-51-45(32-38)44-21-11-13-23-50(44)56-51)34-49(55-52)39-28-30-43-42-20-10-12-22-46(42)53(47(43)33-39,40-16-6-2-7-17-40)41-18-8-3-9-19-41/h1-34H/i11D,13D,21D,23D,29D,31D,32D. The van der Waals surface area contributed by atoms with E-state index in [0.29, 0.717) is 17.1 Å². The van der Waals surface area contributed by atoms with Crippen LogP contribution in [-0.2, 0) is 5.41 Å². The lowest BCUT2D eigenvalue weighted by molar-refractivity contribution is 0.669. The largest absolute Gasteiger partial charge is 0.456 e. The maximum atomic E-state index is 9.27. The molecule has 0 aliphatic heterocycles. The Morgan fingerprint density at radius 2 is 1.02 bits per heavy atom. The van der Waals surface area contributed by atoms with Crippen LogP contribution < -0.4 is 0 Å². The van der Waals surface area contributed by atoms with Gasteiger partial charge in [-0.05, 0) is 74.8 Å². The number of hydrogen-bond acceptors (Lipinski definition) is 3. The zero-order chi connectivity index (χ0) is 43.1. The Morgan fingerprint density at radius 1 is 0.429 bits per heavy atom. The van der Waals surface area contributed by atoms with Gasteiger partial charge >= 0.3 is 0 Å². The van der Waals surface area contributed by atoms with Gasteiger partial charge in [-0.15, -0.1) is 0 Å². The molecule has 0 fully saturated rings. The summed E-state index contributed by atoms with van der Waals surface area (Å²) in [6.07, 6.45) is 0. The monoisotopic (exact) mass is 721 g/mol. The first-order valence-corrected chi connectivity index (χ1v) is 18.5. The van der Waals surface area contributed by atoms with Gasteiger partial charge in [0.2, 0.25) is 0 Å². The molecule has 2 heterocycles. The third-order valence-electron chi connectivity index (χ3n) is 10.9. The van der Waals surface area contributed by atoms with E-state index >= 15 is 0 Å². The molecule has 0 atom stereocenters. The minimum absolute atomic E-state index is 0.0227. The molecule has 0 radical (unpaired) electrons. The average Bonchev–Trinajstić information content (AvgIpc) is 3.89. The van der Waals surface area contributed by atoms with Gasteiger partial charge < -0.3 is 4.42 Å². The van der Waals surface area contributed by atoms with Crippen LogP contribution in [0.2, 0.25) is 0 Å². The summed E-state index contributed by atoms with van der Waals surface area (Å²) in [6, 6.07) is 53.4. The van der Waals surface area contributed by atoms with Crippen LogP contribution in [0.5, 0.6) is 0 Å². The predicted octanol–water partition coefficient (Wildman–Crippen LogP) is 13.4. The van der Waals surface area contributed by atoms with E-state index in [1.54, 1.807) is 12.1 Å². The van der Waals surface area contributed by atoms with Crippen molar-refractivity contribution in [1.29, 1.82) is 0 Å². The van der Waals surface area contributed by atoms with Gasteiger partial charge in [-0.25, -0.2) is 9.97 Å². The molecule has 0 amide bonds. The SMILES string of the molecule is [2H]c1c([2H])c([2H])c2c(oc3c([2H])c([2H])c(-c4ccc(-c5cc(-c6ccc7c(c6)C(c6ccccc6)(c6ccccc6)c6ccccc6-7)nc(-c6ccccc6)n5)cc4)c([2H])c32)c1[2H]. The fourth-order valence-corrected chi connectivity index (χ4v) is 8.32. The summed E-state index contributed by atoms with van der Waals surface area (Å²) in [6.45, 7) is 0. The van der Waals surface area contributed by atoms with Crippen LogP contribution in [0.25, 0.3) is 78.1 Å². The summed E-state index contributed by atoms with van der Waals surface area (Å²) in [5.41, 5.74) is 10.8. The Bertz CT molecular complexity index is 3430. The van der Waals surface area contributed by atoms with Crippen molar-refractivity contribution < 1.29 is 14.0 Å². The van der Waals surface area contributed by atoms with E-state index in [9.17, 15) is 1.37 Å². The van der Waals surface area contributed by atoms with Gasteiger partial charge in [0.25, 0.3) is 0 Å². The van der Waals surface area contributed by atoms with E-state index < -0.39 is 23.5 Å². The van der Waals surface area contributed by atoms with Crippen LogP contribution in [0, 0.1) is 0 Å². The van der Waals surface area contributed by atoms with E-state index in [1.807, 2.05) is 48.5 Å². The molecule has 3 nitrogen and oxygen atoms in total. The van der Waals surface area contributed by atoms with E-state index in [4.69, 9.17) is 22.6 Å². The minimum Gasteiger partial charge on any atom is -0.456 e. The highest BCUT2D eigenvalue weighted by Gasteiger charge is 2.46. The smallest absolute Gasteiger partial charge is 0.160 e. The maximum absolute atomic E-state index is 9.27. The molecule has 11 rings (SSSR count). The van der Waals surface area contributed by atoms with Crippen molar-refractivity contribution in [1.82, 2.24) is 9.97 Å². The van der Waals surface area contributed by atoms with Gasteiger partial charge in [0.15, 0.2) is 5.82 Å². The third kappa shape index (κ3) is 5.05. The second kappa shape index (κ2) is 12.9. The third-order valence-corrected chi connectivity index (χ3v) is 10.9. The Kier molecular flexibility index (Phi) is 5.90. The zero-order valence-electron chi connectivity index (χ0n) is 36.9. The highest BCUT2D eigenvalue weighted by atomic mass is 16.3. The van der Waals surface area contributed by atoms with Crippen LogP contribution in [0.1, 0.15) is 31.8 Å². The van der Waals surface area contributed by atoms with Crippen LogP contribution in [0.4, 0.5) is 0 Å². The van der Waals surface area contributed by atoms with Crippen LogP contribution in [0.3, 0.4) is 0 Å². The van der Waals surface area contributed by atoms with Crippen LogP contribution >= 0.6 is 0 Å². The molecule has 3 heteroatoms. The van der Waals surface area contributed by atoms with E-state index in [-0.39, 0.29) is 51.7 Å². The lowest BCUT2D eigenvalue weighted by Crippen LogP contribution is -2.28. The molecule has 1 aliphatic carbocycles. The summed E-state index contributed by atoms with van der Waals surface area (Å²) in [7, 11) is 0. The van der Waals surface area contributed by atoms with Crippen molar-refractivity contribution in [2.45, 2.75) is 5.41 Å². The number of benzene rings is 8. The fourth-order valence-electron chi connectivity index (χ4n) is 8.32. The number of furan rings is 1. The van der Waals surface area contributed by atoms with Gasteiger partial charge in [-0.1, -0.05) is 176 Å². The molecule has 0 bridgehead atoms. The van der Waals surface area contributed by atoms with E-state index in [1.165, 1.54) is 22.3 Å². The number of fused-ring (bicyclic) bond motifs is 6. The Balaban J connectivity index is 1.08. The molecule has 262 valence electrons. The van der Waals surface area contributed by atoms with Crippen LogP contribution in [0.15, 0.2) is 211 Å². The van der Waals surface area contributed by atoms with Crippen molar-refractivity contribution in [2.75, 3.05) is 0 Å². The molecule has 0 spiro atoms. The summed E-state index contributed by atoms with van der Waals surface area (Å²) in [5.74, 6) is 0.552. The quantitative estimate of drug-likeness (QED) is 0.172. The molecule has 0 saturated carbocycles. The first-order chi connectivity index (χ1) is 30.7. The second-order valence-corrected chi connectivity index (χ2v) is 14.0. The normalized spacial score (nSPS) is 14.5. The number of rotatable bonds is 6. The topological polar surface area (TPSA) is 38.9 Å². The van der Waals surface area contributed by atoms with E-state index in [0.717, 1.165) is 33.5 Å². The zero-order valence-corrected chi connectivity index (χ0v) is 29.9.